The molecule has 2 aromatic rings. The van der Waals surface area contributed by atoms with Gasteiger partial charge in [-0.05, 0) is 18.1 Å². The molecule has 2 aromatic heterocycles. The highest BCUT2D eigenvalue weighted by Gasteiger charge is 2.17. The second-order valence-electron chi connectivity index (χ2n) is 4.00. The minimum atomic E-state index is -4.20. The fourth-order valence-corrected chi connectivity index (χ4v) is 2.48. The number of hydrogen-bond acceptors (Lipinski definition) is 5. The molecule has 0 aliphatic carbocycles. The zero-order valence-electron chi connectivity index (χ0n) is 10.1. The SMILES string of the molecule is O=c1[nH]c(=O)n(CCc2cccnc2)cc1S(=O)(=O)Cl. The van der Waals surface area contributed by atoms with Gasteiger partial charge in [0, 0.05) is 35.8 Å². The maximum atomic E-state index is 11.6. The third kappa shape index (κ3) is 3.34. The van der Waals surface area contributed by atoms with E-state index in [9.17, 15) is 18.0 Å². The summed E-state index contributed by atoms with van der Waals surface area (Å²) in [6.07, 6.45) is 4.66. The lowest BCUT2D eigenvalue weighted by atomic mass is 10.2. The first kappa shape index (κ1) is 14.5. The monoisotopic (exact) mass is 315 g/mol. The largest absolute Gasteiger partial charge is 0.328 e. The third-order valence-corrected chi connectivity index (χ3v) is 3.92. The standard InChI is InChI=1S/C11H10ClN3O4S/c12-20(18,19)9-7-15(11(17)14-10(9)16)5-3-8-2-1-4-13-6-8/h1-2,4,6-7H,3,5H2,(H,14,16,17). The summed E-state index contributed by atoms with van der Waals surface area (Å²) in [6, 6.07) is 3.57. The molecule has 0 aliphatic heterocycles. The van der Waals surface area contributed by atoms with E-state index in [2.05, 4.69) is 4.98 Å². The quantitative estimate of drug-likeness (QED) is 0.806. The van der Waals surface area contributed by atoms with Gasteiger partial charge in [0.1, 0.15) is 0 Å². The maximum absolute atomic E-state index is 11.6. The van der Waals surface area contributed by atoms with E-state index < -0.39 is 25.2 Å². The molecule has 0 saturated carbocycles. The van der Waals surface area contributed by atoms with Crippen molar-refractivity contribution in [1.29, 1.82) is 0 Å². The molecule has 0 spiro atoms. The Morgan fingerprint density at radius 2 is 2.10 bits per heavy atom. The highest BCUT2D eigenvalue weighted by Crippen LogP contribution is 2.08. The van der Waals surface area contributed by atoms with Crippen LogP contribution in [0.2, 0.25) is 0 Å². The summed E-state index contributed by atoms with van der Waals surface area (Å²) in [4.78, 5) is 28.2. The Morgan fingerprint density at radius 3 is 2.70 bits per heavy atom. The topological polar surface area (TPSA) is 102 Å². The molecule has 20 heavy (non-hydrogen) atoms. The lowest BCUT2D eigenvalue weighted by Gasteiger charge is -2.06. The molecule has 0 saturated heterocycles. The van der Waals surface area contributed by atoms with Gasteiger partial charge in [-0.25, -0.2) is 13.2 Å². The van der Waals surface area contributed by atoms with Crippen molar-refractivity contribution in [1.82, 2.24) is 14.5 Å². The third-order valence-electron chi connectivity index (χ3n) is 2.61. The van der Waals surface area contributed by atoms with E-state index in [1.807, 2.05) is 11.1 Å². The van der Waals surface area contributed by atoms with Crippen LogP contribution in [0.3, 0.4) is 0 Å². The first-order valence-electron chi connectivity index (χ1n) is 5.55. The van der Waals surface area contributed by atoms with Crippen molar-refractivity contribution in [2.24, 2.45) is 0 Å². The fraction of sp³-hybridized carbons (Fsp3) is 0.182. The summed E-state index contributed by atoms with van der Waals surface area (Å²) in [5.74, 6) is 0. The molecule has 0 atom stereocenters. The van der Waals surface area contributed by atoms with E-state index in [1.165, 1.54) is 0 Å². The predicted molar refractivity (Wildman–Crippen MR) is 72.3 cm³/mol. The van der Waals surface area contributed by atoms with Gasteiger partial charge in [0.15, 0.2) is 4.90 Å². The number of H-pyrrole nitrogens is 1. The molecular weight excluding hydrogens is 306 g/mol. The molecule has 0 unspecified atom stereocenters. The summed E-state index contributed by atoms with van der Waals surface area (Å²) in [5, 5.41) is 0. The molecule has 2 heterocycles. The minimum absolute atomic E-state index is 0.195. The van der Waals surface area contributed by atoms with Crippen molar-refractivity contribution < 1.29 is 8.42 Å². The number of aryl methyl sites for hydroxylation is 2. The summed E-state index contributed by atoms with van der Waals surface area (Å²) in [6.45, 7) is 0.195. The van der Waals surface area contributed by atoms with Crippen molar-refractivity contribution in [3.05, 3.63) is 57.1 Å². The summed E-state index contributed by atoms with van der Waals surface area (Å²) < 4.78 is 23.5. The minimum Gasteiger partial charge on any atom is -0.299 e. The second kappa shape index (κ2) is 5.59. The number of nitrogens with one attached hydrogen (secondary N) is 1. The van der Waals surface area contributed by atoms with E-state index in [0.29, 0.717) is 6.42 Å². The van der Waals surface area contributed by atoms with Gasteiger partial charge < -0.3 is 0 Å². The molecule has 0 bridgehead atoms. The van der Waals surface area contributed by atoms with Gasteiger partial charge in [0.05, 0.1) is 0 Å². The Kier molecular flexibility index (Phi) is 4.05. The van der Waals surface area contributed by atoms with E-state index in [0.717, 1.165) is 16.3 Å². The number of rotatable bonds is 4. The molecule has 1 N–H and O–H groups in total. The van der Waals surface area contributed by atoms with E-state index in [1.54, 1.807) is 18.5 Å². The smallest absolute Gasteiger partial charge is 0.299 e. The summed E-state index contributed by atoms with van der Waals surface area (Å²) in [5.41, 5.74) is -0.841. The molecular formula is C11H10ClN3O4S. The lowest BCUT2D eigenvalue weighted by molar-refractivity contribution is 0.596. The van der Waals surface area contributed by atoms with Gasteiger partial charge in [-0.1, -0.05) is 6.07 Å². The van der Waals surface area contributed by atoms with Crippen LogP contribution in [0.5, 0.6) is 0 Å². The van der Waals surface area contributed by atoms with Gasteiger partial charge in [-0.3, -0.25) is 19.3 Å². The fourth-order valence-electron chi connectivity index (χ4n) is 1.62. The van der Waals surface area contributed by atoms with Crippen molar-refractivity contribution in [2.45, 2.75) is 17.9 Å². The Bertz CT molecular complexity index is 827. The van der Waals surface area contributed by atoms with Gasteiger partial charge in [0.25, 0.3) is 14.6 Å². The van der Waals surface area contributed by atoms with Crippen molar-refractivity contribution in [3.63, 3.8) is 0 Å². The second-order valence-corrected chi connectivity index (χ2v) is 6.53. The number of halogens is 1. The number of nitrogens with zero attached hydrogens (tertiary/aromatic N) is 2. The van der Waals surface area contributed by atoms with Crippen LogP contribution >= 0.6 is 10.7 Å². The first-order valence-corrected chi connectivity index (χ1v) is 7.86. The summed E-state index contributed by atoms with van der Waals surface area (Å²) >= 11 is 0. The lowest BCUT2D eigenvalue weighted by Crippen LogP contribution is -2.32. The van der Waals surface area contributed by atoms with Crippen LogP contribution in [0.25, 0.3) is 0 Å². The predicted octanol–water partition coefficient (Wildman–Crippen LogP) is 0.102. The number of hydrogen-bond donors (Lipinski definition) is 1. The average Bonchev–Trinajstić information content (AvgIpc) is 2.37. The van der Waals surface area contributed by atoms with Crippen molar-refractivity contribution in [3.8, 4) is 0 Å². The zero-order valence-corrected chi connectivity index (χ0v) is 11.7. The Balaban J connectivity index is 2.33. The molecule has 106 valence electrons. The van der Waals surface area contributed by atoms with Crippen LogP contribution in [-0.4, -0.2) is 23.0 Å². The Morgan fingerprint density at radius 1 is 1.35 bits per heavy atom. The van der Waals surface area contributed by atoms with Gasteiger partial charge in [0.2, 0.25) is 0 Å². The van der Waals surface area contributed by atoms with Gasteiger partial charge in [-0.15, -0.1) is 0 Å². The normalized spacial score (nSPS) is 11.4. The first-order chi connectivity index (χ1) is 9.38. The van der Waals surface area contributed by atoms with Crippen molar-refractivity contribution >= 4 is 19.7 Å². The Hall–Kier alpha value is -1.93. The van der Waals surface area contributed by atoms with Crippen LogP contribution in [0.15, 0.2) is 45.2 Å². The molecule has 0 fully saturated rings. The summed E-state index contributed by atoms with van der Waals surface area (Å²) in [7, 11) is 0.933. The molecule has 0 aromatic carbocycles. The van der Waals surface area contributed by atoms with Crippen LogP contribution in [0.4, 0.5) is 0 Å². The van der Waals surface area contributed by atoms with Crippen LogP contribution < -0.4 is 11.2 Å². The highest BCUT2D eigenvalue weighted by molar-refractivity contribution is 8.13. The highest BCUT2D eigenvalue weighted by atomic mass is 35.7. The molecule has 0 amide bonds. The number of aromatic amines is 1. The average molecular weight is 316 g/mol. The Labute approximate surface area is 118 Å². The zero-order chi connectivity index (χ0) is 14.8. The molecule has 2 rings (SSSR count). The van der Waals surface area contributed by atoms with E-state index in [4.69, 9.17) is 10.7 Å². The molecule has 0 aliphatic rings. The van der Waals surface area contributed by atoms with Crippen LogP contribution in [-0.2, 0) is 22.0 Å². The van der Waals surface area contributed by atoms with Crippen molar-refractivity contribution in [2.75, 3.05) is 0 Å². The molecule has 9 heteroatoms. The number of pyridine rings is 1. The van der Waals surface area contributed by atoms with E-state index in [-0.39, 0.29) is 6.54 Å². The van der Waals surface area contributed by atoms with Crippen LogP contribution in [0, 0.1) is 0 Å². The molecule has 7 nitrogen and oxygen atoms in total. The van der Waals surface area contributed by atoms with Gasteiger partial charge >= 0.3 is 5.69 Å². The number of aromatic nitrogens is 3. The molecule has 0 radical (unpaired) electrons. The maximum Gasteiger partial charge on any atom is 0.328 e. The van der Waals surface area contributed by atoms with Gasteiger partial charge in [-0.2, -0.15) is 0 Å². The van der Waals surface area contributed by atoms with E-state index >= 15 is 0 Å². The van der Waals surface area contributed by atoms with Crippen LogP contribution in [0.1, 0.15) is 5.56 Å².